The van der Waals surface area contributed by atoms with Crippen LogP contribution in [0.15, 0.2) is 70.0 Å². The first-order valence-electron chi connectivity index (χ1n) is 12.0. The molecule has 2 aromatic carbocycles. The molecular weight excluding hydrogens is 456 g/mol. The first kappa shape index (κ1) is 23.6. The van der Waals surface area contributed by atoms with Gasteiger partial charge in [0, 0.05) is 6.20 Å². The molecule has 1 atom stereocenters. The number of anilines is 1. The molecule has 2 aromatic heterocycles. The summed E-state index contributed by atoms with van der Waals surface area (Å²) in [4.78, 5) is 33.4. The number of rotatable bonds is 7. The third-order valence-electron chi connectivity index (χ3n) is 6.38. The third kappa shape index (κ3) is 4.11. The fourth-order valence-corrected chi connectivity index (χ4v) is 4.45. The Bertz CT molecular complexity index is 1490. The van der Waals surface area contributed by atoms with Crippen molar-refractivity contribution in [1.82, 2.24) is 4.98 Å². The van der Waals surface area contributed by atoms with Crippen molar-refractivity contribution in [2.24, 2.45) is 5.92 Å². The summed E-state index contributed by atoms with van der Waals surface area (Å²) in [6, 6.07) is 15.4. The molecule has 0 saturated heterocycles. The molecule has 5 rings (SSSR count). The molecule has 3 heterocycles. The Morgan fingerprint density at radius 3 is 2.58 bits per heavy atom. The van der Waals surface area contributed by atoms with Crippen LogP contribution in [0.1, 0.15) is 53.6 Å². The third-order valence-corrected chi connectivity index (χ3v) is 6.38. The van der Waals surface area contributed by atoms with Gasteiger partial charge in [-0.15, -0.1) is 0 Å². The van der Waals surface area contributed by atoms with E-state index in [1.165, 1.54) is 4.90 Å². The van der Waals surface area contributed by atoms with Crippen LogP contribution in [0, 0.1) is 12.8 Å². The summed E-state index contributed by atoms with van der Waals surface area (Å²) in [5, 5.41) is 0.424. The zero-order valence-corrected chi connectivity index (χ0v) is 20.8. The van der Waals surface area contributed by atoms with E-state index in [2.05, 4.69) is 18.8 Å². The van der Waals surface area contributed by atoms with E-state index in [9.17, 15) is 9.59 Å². The van der Waals surface area contributed by atoms with Gasteiger partial charge in [0.2, 0.25) is 5.76 Å². The number of nitrogens with zero attached hydrogens (tertiary/aromatic N) is 2. The van der Waals surface area contributed by atoms with Crippen LogP contribution in [0.5, 0.6) is 11.5 Å². The molecule has 0 aliphatic carbocycles. The number of aromatic nitrogens is 1. The van der Waals surface area contributed by atoms with Crippen LogP contribution in [0.25, 0.3) is 11.0 Å². The first-order valence-corrected chi connectivity index (χ1v) is 12.0. The number of carbonyl (C=O) groups is 1. The van der Waals surface area contributed by atoms with Crippen LogP contribution in [0.2, 0.25) is 0 Å². The smallest absolute Gasteiger partial charge is 0.296 e. The maximum Gasteiger partial charge on any atom is 0.296 e. The molecule has 0 N–H and O–H groups in total. The van der Waals surface area contributed by atoms with E-state index >= 15 is 0 Å². The van der Waals surface area contributed by atoms with Gasteiger partial charge < -0.3 is 13.9 Å². The predicted octanol–water partition coefficient (Wildman–Crippen LogP) is 5.68. The van der Waals surface area contributed by atoms with E-state index in [-0.39, 0.29) is 16.8 Å². The van der Waals surface area contributed by atoms with Gasteiger partial charge in [-0.05, 0) is 60.7 Å². The molecule has 0 bridgehead atoms. The summed E-state index contributed by atoms with van der Waals surface area (Å²) < 4.78 is 17.6. The van der Waals surface area contributed by atoms with Gasteiger partial charge in [0.25, 0.3) is 5.91 Å². The molecule has 36 heavy (non-hydrogen) atoms. The summed E-state index contributed by atoms with van der Waals surface area (Å²) >= 11 is 0. The average Bonchev–Trinajstić information content (AvgIpc) is 3.17. The zero-order valence-electron chi connectivity index (χ0n) is 20.8. The highest BCUT2D eigenvalue weighted by molar-refractivity contribution is 6.10. The topological polar surface area (TPSA) is 81.9 Å². The lowest BCUT2D eigenvalue weighted by Crippen LogP contribution is -2.30. The Hall–Kier alpha value is -4.13. The molecule has 1 amide bonds. The first-order chi connectivity index (χ1) is 17.4. The lowest BCUT2D eigenvalue weighted by molar-refractivity contribution is 0.0970. The van der Waals surface area contributed by atoms with Crippen LogP contribution < -0.4 is 19.8 Å². The summed E-state index contributed by atoms with van der Waals surface area (Å²) in [6.07, 6.45) is 2.61. The summed E-state index contributed by atoms with van der Waals surface area (Å²) in [7, 11) is 1.57. The van der Waals surface area contributed by atoms with E-state index in [1.54, 1.807) is 43.6 Å². The minimum absolute atomic E-state index is 0.0299. The average molecular weight is 485 g/mol. The fourth-order valence-electron chi connectivity index (χ4n) is 4.45. The quantitative estimate of drug-likeness (QED) is 0.336. The maximum absolute atomic E-state index is 13.7. The number of fused-ring (bicyclic) bond motifs is 2. The minimum Gasteiger partial charge on any atom is -0.493 e. The lowest BCUT2D eigenvalue weighted by Gasteiger charge is -2.25. The number of hydrogen-bond donors (Lipinski definition) is 0. The SMILES string of the molecule is COc1cc(C2c3c(oc4ccccc4c3=O)C(=O)N2c2ccc(C)cn2)ccc1OCCC(C)C. The van der Waals surface area contributed by atoms with Gasteiger partial charge in [-0.2, -0.15) is 0 Å². The number of para-hydroxylation sites is 1. The molecule has 7 heteroatoms. The van der Waals surface area contributed by atoms with Gasteiger partial charge in [-0.3, -0.25) is 14.5 Å². The molecule has 1 unspecified atom stereocenters. The standard InChI is InChI=1S/C29H28N2O5/c1-17(2)13-14-35-22-11-10-19(15-23(22)34-4)26-25-27(32)20-7-5-6-8-21(20)36-28(25)29(33)31(26)24-12-9-18(3)16-30-24/h5-12,15-17,26H,13-14H2,1-4H3. The number of hydrogen-bond acceptors (Lipinski definition) is 6. The summed E-state index contributed by atoms with van der Waals surface area (Å²) in [5.74, 6) is 1.70. The van der Waals surface area contributed by atoms with Gasteiger partial charge in [0.1, 0.15) is 11.4 Å². The normalized spacial score (nSPS) is 15.0. The van der Waals surface area contributed by atoms with Crippen LogP contribution >= 0.6 is 0 Å². The molecule has 0 spiro atoms. The number of methoxy groups -OCH3 is 1. The largest absolute Gasteiger partial charge is 0.493 e. The Kier molecular flexibility index (Phi) is 6.22. The van der Waals surface area contributed by atoms with E-state index in [0.29, 0.717) is 46.4 Å². The van der Waals surface area contributed by atoms with Crippen molar-refractivity contribution in [3.05, 3.63) is 93.5 Å². The van der Waals surface area contributed by atoms with Gasteiger partial charge >= 0.3 is 0 Å². The zero-order chi connectivity index (χ0) is 25.4. The monoisotopic (exact) mass is 484 g/mol. The van der Waals surface area contributed by atoms with Crippen molar-refractivity contribution in [2.75, 3.05) is 18.6 Å². The van der Waals surface area contributed by atoms with E-state index in [1.807, 2.05) is 31.2 Å². The Balaban J connectivity index is 1.67. The number of pyridine rings is 1. The Morgan fingerprint density at radius 2 is 1.86 bits per heavy atom. The predicted molar refractivity (Wildman–Crippen MR) is 138 cm³/mol. The molecule has 0 saturated carbocycles. The van der Waals surface area contributed by atoms with Crippen molar-refractivity contribution in [2.45, 2.75) is 33.2 Å². The molecule has 4 aromatic rings. The number of carbonyl (C=O) groups excluding carboxylic acids is 1. The van der Waals surface area contributed by atoms with Crippen molar-refractivity contribution in [1.29, 1.82) is 0 Å². The number of amides is 1. The highest BCUT2D eigenvalue weighted by Crippen LogP contribution is 2.42. The highest BCUT2D eigenvalue weighted by atomic mass is 16.5. The fraction of sp³-hybridized carbons (Fsp3) is 0.276. The van der Waals surface area contributed by atoms with Gasteiger partial charge in [0.05, 0.1) is 30.7 Å². The minimum atomic E-state index is -0.734. The number of benzene rings is 2. The molecule has 184 valence electrons. The van der Waals surface area contributed by atoms with Crippen molar-refractivity contribution in [3.63, 3.8) is 0 Å². The highest BCUT2D eigenvalue weighted by Gasteiger charge is 2.44. The molecule has 7 nitrogen and oxygen atoms in total. The maximum atomic E-state index is 13.7. The molecule has 1 aliphatic rings. The number of ether oxygens (including phenoxy) is 2. The Morgan fingerprint density at radius 1 is 1.06 bits per heavy atom. The molecule has 0 radical (unpaired) electrons. The lowest BCUT2D eigenvalue weighted by atomic mass is 9.98. The van der Waals surface area contributed by atoms with Crippen molar-refractivity contribution >= 4 is 22.7 Å². The van der Waals surface area contributed by atoms with Crippen molar-refractivity contribution < 1.29 is 18.7 Å². The van der Waals surface area contributed by atoms with E-state index in [4.69, 9.17) is 13.9 Å². The van der Waals surface area contributed by atoms with E-state index in [0.717, 1.165) is 12.0 Å². The van der Waals surface area contributed by atoms with Gasteiger partial charge in [-0.1, -0.05) is 38.1 Å². The second kappa shape index (κ2) is 9.49. The summed E-state index contributed by atoms with van der Waals surface area (Å²) in [6.45, 7) is 6.77. The van der Waals surface area contributed by atoms with Crippen molar-refractivity contribution in [3.8, 4) is 11.5 Å². The molecular formula is C29H28N2O5. The second-order valence-electron chi connectivity index (χ2n) is 9.38. The van der Waals surface area contributed by atoms with Crippen LogP contribution in [-0.4, -0.2) is 24.6 Å². The number of aryl methyl sites for hydroxylation is 1. The van der Waals surface area contributed by atoms with Gasteiger partial charge in [0.15, 0.2) is 16.9 Å². The Labute approximate surface area is 209 Å². The van der Waals surface area contributed by atoms with E-state index < -0.39 is 11.9 Å². The molecule has 1 aliphatic heterocycles. The van der Waals surface area contributed by atoms with Gasteiger partial charge in [-0.25, -0.2) is 4.98 Å². The van der Waals surface area contributed by atoms with Crippen LogP contribution in [0.3, 0.4) is 0 Å². The second-order valence-corrected chi connectivity index (χ2v) is 9.38. The van der Waals surface area contributed by atoms with Crippen LogP contribution in [0.4, 0.5) is 5.82 Å². The molecule has 0 fully saturated rings. The summed E-state index contributed by atoms with van der Waals surface area (Å²) in [5.41, 5.74) is 2.08. The van der Waals surface area contributed by atoms with Crippen LogP contribution in [-0.2, 0) is 0 Å².